The lowest BCUT2D eigenvalue weighted by molar-refractivity contribution is 0.0692. The van der Waals surface area contributed by atoms with Crippen molar-refractivity contribution in [3.8, 4) is 0 Å². The number of aromatic amines is 1. The highest BCUT2D eigenvalue weighted by atomic mass is 16.4. The number of carbonyl (C=O) groups excluding carboxylic acids is 1. The van der Waals surface area contributed by atoms with Crippen LogP contribution in [0.3, 0.4) is 0 Å². The highest BCUT2D eigenvalue weighted by molar-refractivity contribution is 6.06. The minimum absolute atomic E-state index is 0.0604. The average molecular weight is 249 g/mol. The van der Waals surface area contributed by atoms with E-state index in [9.17, 15) is 9.59 Å². The number of rotatable bonds is 3. The third kappa shape index (κ3) is 2.10. The van der Waals surface area contributed by atoms with Crippen molar-refractivity contribution in [2.24, 2.45) is 0 Å². The summed E-state index contributed by atoms with van der Waals surface area (Å²) in [6.45, 7) is 3.32. The van der Waals surface area contributed by atoms with Crippen molar-refractivity contribution in [1.82, 2.24) is 9.97 Å². The van der Waals surface area contributed by atoms with E-state index >= 15 is 0 Å². The first kappa shape index (κ1) is 11.9. The number of aryl methyl sites for hydroxylation is 2. The fraction of sp³-hybridized carbons (Fsp3) is 0.182. The van der Waals surface area contributed by atoms with Gasteiger partial charge >= 0.3 is 5.97 Å². The second kappa shape index (κ2) is 4.36. The van der Waals surface area contributed by atoms with Crippen LogP contribution in [0.2, 0.25) is 0 Å². The van der Waals surface area contributed by atoms with Crippen LogP contribution in [0.25, 0.3) is 0 Å². The molecule has 2 aromatic rings. The molecule has 0 aliphatic carbocycles. The molecule has 2 rings (SSSR count). The highest BCUT2D eigenvalue weighted by Gasteiger charge is 2.19. The topological polar surface area (TPSA) is 108 Å². The van der Waals surface area contributed by atoms with Gasteiger partial charge in [-0.05, 0) is 19.9 Å². The van der Waals surface area contributed by atoms with Gasteiger partial charge in [-0.1, -0.05) is 0 Å². The number of carboxylic acid groups (broad SMARTS) is 1. The van der Waals surface area contributed by atoms with E-state index < -0.39 is 11.9 Å². The number of amides is 1. The number of hydrogen-bond acceptors (Lipinski definition) is 4. The van der Waals surface area contributed by atoms with Crippen LogP contribution in [0, 0.1) is 13.8 Å². The van der Waals surface area contributed by atoms with Gasteiger partial charge in [0.05, 0.1) is 11.4 Å². The van der Waals surface area contributed by atoms with Gasteiger partial charge in [-0.15, -0.1) is 0 Å². The van der Waals surface area contributed by atoms with E-state index in [2.05, 4.69) is 15.3 Å². The number of hydrogen-bond donors (Lipinski definition) is 3. The standard InChI is InChI=1S/C11H11N3O4/c1-5-3-7(8(13-5)11(16)17)14-10(15)9-6(2)12-4-18-9/h3-4,13H,1-2H3,(H,14,15)(H,16,17). The van der Waals surface area contributed by atoms with Gasteiger partial charge in [0, 0.05) is 5.69 Å². The van der Waals surface area contributed by atoms with Crippen LogP contribution in [0.5, 0.6) is 0 Å². The number of carbonyl (C=O) groups is 2. The van der Waals surface area contributed by atoms with Crippen LogP contribution >= 0.6 is 0 Å². The van der Waals surface area contributed by atoms with Crippen molar-refractivity contribution >= 4 is 17.6 Å². The Labute approximate surface area is 102 Å². The molecule has 94 valence electrons. The van der Waals surface area contributed by atoms with Gasteiger partial charge in [0.25, 0.3) is 5.91 Å². The minimum Gasteiger partial charge on any atom is -0.477 e. The third-order valence-electron chi connectivity index (χ3n) is 2.37. The van der Waals surface area contributed by atoms with Gasteiger partial charge in [-0.25, -0.2) is 9.78 Å². The molecule has 0 fully saturated rings. The molecule has 3 N–H and O–H groups in total. The van der Waals surface area contributed by atoms with E-state index in [4.69, 9.17) is 9.52 Å². The highest BCUT2D eigenvalue weighted by Crippen LogP contribution is 2.18. The molecule has 2 aromatic heterocycles. The molecule has 7 heteroatoms. The summed E-state index contributed by atoms with van der Waals surface area (Å²) in [4.78, 5) is 29.2. The first-order valence-electron chi connectivity index (χ1n) is 5.13. The molecule has 0 spiro atoms. The number of H-pyrrole nitrogens is 1. The number of aromatic carboxylic acids is 1. The van der Waals surface area contributed by atoms with Crippen LogP contribution in [0.4, 0.5) is 5.69 Å². The molecule has 1 amide bonds. The van der Waals surface area contributed by atoms with E-state index in [1.54, 1.807) is 13.8 Å². The van der Waals surface area contributed by atoms with Crippen molar-refractivity contribution in [2.45, 2.75) is 13.8 Å². The Bertz CT molecular complexity index is 612. The molecule has 0 aliphatic heterocycles. The summed E-state index contributed by atoms with van der Waals surface area (Å²) in [6.07, 6.45) is 1.16. The van der Waals surface area contributed by atoms with Crippen molar-refractivity contribution in [3.63, 3.8) is 0 Å². The number of nitrogens with zero attached hydrogens (tertiary/aromatic N) is 1. The molecule has 0 unspecified atom stereocenters. The summed E-state index contributed by atoms with van der Waals surface area (Å²) in [6, 6.07) is 1.53. The lowest BCUT2D eigenvalue weighted by Crippen LogP contribution is -2.14. The number of oxazole rings is 1. The predicted molar refractivity (Wildman–Crippen MR) is 61.7 cm³/mol. The molecule has 0 atom stereocenters. The lowest BCUT2D eigenvalue weighted by Gasteiger charge is -2.02. The molecular weight excluding hydrogens is 238 g/mol. The van der Waals surface area contributed by atoms with E-state index in [-0.39, 0.29) is 17.1 Å². The number of anilines is 1. The molecule has 0 saturated carbocycles. The Kier molecular flexibility index (Phi) is 2.88. The van der Waals surface area contributed by atoms with E-state index in [0.717, 1.165) is 6.39 Å². The molecule has 0 aromatic carbocycles. The van der Waals surface area contributed by atoms with Gasteiger partial charge < -0.3 is 19.8 Å². The van der Waals surface area contributed by atoms with Gasteiger partial charge in [0.15, 0.2) is 6.39 Å². The fourth-order valence-corrected chi connectivity index (χ4v) is 1.56. The molecular formula is C11H11N3O4. The average Bonchev–Trinajstić information content (AvgIpc) is 2.84. The summed E-state index contributed by atoms with van der Waals surface area (Å²) in [5.41, 5.74) is 1.20. The quantitative estimate of drug-likeness (QED) is 0.765. The molecule has 7 nitrogen and oxygen atoms in total. The summed E-state index contributed by atoms with van der Waals surface area (Å²) in [5.74, 6) is -1.62. The summed E-state index contributed by atoms with van der Waals surface area (Å²) in [7, 11) is 0. The minimum atomic E-state index is -1.15. The molecule has 0 aliphatic rings. The van der Waals surface area contributed by atoms with Gasteiger partial charge in [0.1, 0.15) is 5.69 Å². The molecule has 0 saturated heterocycles. The van der Waals surface area contributed by atoms with Crippen molar-refractivity contribution < 1.29 is 19.1 Å². The van der Waals surface area contributed by atoms with Gasteiger partial charge in [-0.2, -0.15) is 0 Å². The third-order valence-corrected chi connectivity index (χ3v) is 2.37. The Hall–Kier alpha value is -2.57. The predicted octanol–water partition coefficient (Wildman–Crippen LogP) is 1.57. The van der Waals surface area contributed by atoms with Crippen LogP contribution in [-0.2, 0) is 0 Å². The van der Waals surface area contributed by atoms with Crippen molar-refractivity contribution in [2.75, 3.05) is 5.32 Å². The van der Waals surface area contributed by atoms with E-state index in [1.807, 2.05) is 0 Å². The van der Waals surface area contributed by atoms with Gasteiger partial charge in [-0.3, -0.25) is 4.79 Å². The Balaban J connectivity index is 2.27. The molecule has 0 radical (unpaired) electrons. The zero-order valence-electron chi connectivity index (χ0n) is 9.77. The maximum atomic E-state index is 11.8. The number of aromatic nitrogens is 2. The Morgan fingerprint density at radius 1 is 1.44 bits per heavy atom. The van der Waals surface area contributed by atoms with Gasteiger partial charge in [0.2, 0.25) is 5.76 Å². The Morgan fingerprint density at radius 3 is 2.72 bits per heavy atom. The Morgan fingerprint density at radius 2 is 2.17 bits per heavy atom. The zero-order valence-corrected chi connectivity index (χ0v) is 9.77. The zero-order chi connectivity index (χ0) is 13.3. The maximum Gasteiger partial charge on any atom is 0.354 e. The van der Waals surface area contributed by atoms with Crippen LogP contribution in [-0.4, -0.2) is 27.0 Å². The van der Waals surface area contributed by atoms with Crippen LogP contribution in [0.1, 0.15) is 32.4 Å². The second-order valence-corrected chi connectivity index (χ2v) is 3.77. The SMILES string of the molecule is Cc1cc(NC(=O)c2ocnc2C)c(C(=O)O)[nH]1. The van der Waals surface area contributed by atoms with Crippen LogP contribution in [0.15, 0.2) is 16.9 Å². The van der Waals surface area contributed by atoms with Crippen molar-refractivity contribution in [3.05, 3.63) is 35.3 Å². The first-order chi connectivity index (χ1) is 8.49. The monoisotopic (exact) mass is 249 g/mol. The molecule has 18 heavy (non-hydrogen) atoms. The summed E-state index contributed by atoms with van der Waals surface area (Å²) in [5, 5.41) is 11.4. The second-order valence-electron chi connectivity index (χ2n) is 3.77. The van der Waals surface area contributed by atoms with E-state index in [0.29, 0.717) is 11.4 Å². The number of nitrogens with one attached hydrogen (secondary N) is 2. The number of carboxylic acids is 1. The smallest absolute Gasteiger partial charge is 0.354 e. The first-order valence-corrected chi connectivity index (χ1v) is 5.13. The summed E-state index contributed by atoms with van der Waals surface area (Å²) >= 11 is 0. The lowest BCUT2D eigenvalue weighted by atomic mass is 10.3. The van der Waals surface area contributed by atoms with Crippen LogP contribution < -0.4 is 5.32 Å². The van der Waals surface area contributed by atoms with Crippen molar-refractivity contribution in [1.29, 1.82) is 0 Å². The normalized spacial score (nSPS) is 10.3. The molecule has 0 bridgehead atoms. The fourth-order valence-electron chi connectivity index (χ4n) is 1.56. The maximum absolute atomic E-state index is 11.8. The summed E-state index contributed by atoms with van der Waals surface area (Å²) < 4.78 is 4.92. The molecule has 2 heterocycles. The van der Waals surface area contributed by atoms with E-state index in [1.165, 1.54) is 6.07 Å². The largest absolute Gasteiger partial charge is 0.477 e.